The van der Waals surface area contributed by atoms with Crippen LogP contribution in [0.15, 0.2) is 61.1 Å². The van der Waals surface area contributed by atoms with Gasteiger partial charge >= 0.3 is 6.18 Å². The van der Waals surface area contributed by atoms with Gasteiger partial charge in [0.25, 0.3) is 0 Å². The number of aliphatic hydroxyl groups is 1. The molecule has 2 aliphatic rings. The number of amides is 1. The molecule has 0 saturated carbocycles. The zero-order valence-electron chi connectivity index (χ0n) is 20.0. The maximum atomic E-state index is 13.0. The number of aromatic nitrogens is 2. The molecule has 1 fully saturated rings. The molecule has 1 N–H and O–H groups in total. The van der Waals surface area contributed by atoms with Gasteiger partial charge in [-0.05, 0) is 48.9 Å². The van der Waals surface area contributed by atoms with Crippen LogP contribution >= 0.6 is 0 Å². The lowest BCUT2D eigenvalue weighted by molar-refractivity contribution is -0.137. The molecule has 3 heterocycles. The second kappa shape index (κ2) is 9.61. The number of benzene rings is 2. The Morgan fingerprint density at radius 3 is 2.67 bits per heavy atom. The van der Waals surface area contributed by atoms with Crippen molar-refractivity contribution in [2.75, 3.05) is 31.6 Å². The average Bonchev–Trinajstić information content (AvgIpc) is 3.46. The Bertz CT molecular complexity index is 1230. The van der Waals surface area contributed by atoms with Crippen LogP contribution in [0.4, 0.5) is 18.9 Å². The van der Waals surface area contributed by atoms with Gasteiger partial charge in [0.15, 0.2) is 0 Å². The molecule has 9 heteroatoms. The van der Waals surface area contributed by atoms with Crippen molar-refractivity contribution in [1.29, 1.82) is 0 Å². The first-order chi connectivity index (χ1) is 17.2. The third-order valence-corrected chi connectivity index (χ3v) is 7.49. The Balaban J connectivity index is 1.16. The fraction of sp³-hybridized carbons (Fsp3) is 0.407. The molecule has 0 bridgehead atoms. The van der Waals surface area contributed by atoms with Gasteiger partial charge in [0, 0.05) is 31.4 Å². The third kappa shape index (κ3) is 4.72. The van der Waals surface area contributed by atoms with E-state index in [4.69, 9.17) is 0 Å². The lowest BCUT2D eigenvalue weighted by Gasteiger charge is -2.36. The van der Waals surface area contributed by atoms with Crippen molar-refractivity contribution in [2.24, 2.45) is 5.92 Å². The van der Waals surface area contributed by atoms with Crippen molar-refractivity contribution in [3.63, 3.8) is 0 Å². The fourth-order valence-electron chi connectivity index (χ4n) is 5.44. The number of halogens is 3. The van der Waals surface area contributed by atoms with Crippen molar-refractivity contribution in [1.82, 2.24) is 14.5 Å². The van der Waals surface area contributed by atoms with Gasteiger partial charge in [-0.2, -0.15) is 13.2 Å². The van der Waals surface area contributed by atoms with Crippen molar-refractivity contribution >= 4 is 11.6 Å². The molecule has 2 unspecified atom stereocenters. The SMILES string of the molecule is CN(CC(=O)N1CCC(C(O)CC2c3ccccc3-c3cncn32)CC1)c1cccc(C(F)(F)F)c1. The summed E-state index contributed by atoms with van der Waals surface area (Å²) in [4.78, 5) is 20.4. The van der Waals surface area contributed by atoms with E-state index in [0.717, 1.165) is 23.4 Å². The zero-order chi connectivity index (χ0) is 25.4. The van der Waals surface area contributed by atoms with Gasteiger partial charge in [0.1, 0.15) is 0 Å². The van der Waals surface area contributed by atoms with Gasteiger partial charge in [-0.3, -0.25) is 4.79 Å². The molecule has 1 saturated heterocycles. The summed E-state index contributed by atoms with van der Waals surface area (Å²) < 4.78 is 41.2. The van der Waals surface area contributed by atoms with Gasteiger partial charge in [-0.25, -0.2) is 4.98 Å². The minimum absolute atomic E-state index is 0.00318. The van der Waals surface area contributed by atoms with Crippen LogP contribution in [0.5, 0.6) is 0 Å². The van der Waals surface area contributed by atoms with Crippen LogP contribution in [0.25, 0.3) is 11.3 Å². The Hall–Kier alpha value is -3.33. The van der Waals surface area contributed by atoms with Gasteiger partial charge in [-0.15, -0.1) is 0 Å². The summed E-state index contributed by atoms with van der Waals surface area (Å²) in [5, 5.41) is 11.1. The molecule has 0 spiro atoms. The third-order valence-electron chi connectivity index (χ3n) is 7.49. The first kappa shape index (κ1) is 24.4. The first-order valence-electron chi connectivity index (χ1n) is 12.2. The van der Waals surface area contributed by atoms with Crippen molar-refractivity contribution in [3.8, 4) is 11.3 Å². The quantitative estimate of drug-likeness (QED) is 0.540. The molecule has 0 aliphatic carbocycles. The molecule has 2 aliphatic heterocycles. The van der Waals surface area contributed by atoms with Crippen LogP contribution in [-0.4, -0.2) is 58.3 Å². The summed E-state index contributed by atoms with van der Waals surface area (Å²) in [7, 11) is 1.62. The number of fused-ring (bicyclic) bond motifs is 3. The maximum absolute atomic E-state index is 13.0. The first-order valence-corrected chi connectivity index (χ1v) is 12.2. The predicted molar refractivity (Wildman–Crippen MR) is 130 cm³/mol. The zero-order valence-corrected chi connectivity index (χ0v) is 20.0. The number of likely N-dealkylation sites (N-methyl/N-ethyl adjacent to an activating group) is 1. The molecule has 3 aromatic rings. The molecule has 1 amide bonds. The molecule has 36 heavy (non-hydrogen) atoms. The lowest BCUT2D eigenvalue weighted by Crippen LogP contribution is -2.45. The molecular formula is C27H29F3N4O2. The average molecular weight is 499 g/mol. The van der Waals surface area contributed by atoms with Crippen LogP contribution in [-0.2, 0) is 11.0 Å². The topological polar surface area (TPSA) is 61.6 Å². The smallest absolute Gasteiger partial charge is 0.393 e. The highest BCUT2D eigenvalue weighted by atomic mass is 19.4. The summed E-state index contributed by atoms with van der Waals surface area (Å²) in [5.74, 6) is -0.0504. The standard InChI is InChI=1S/C27H29F3N4O2/c1-32(20-6-4-5-19(13-20)27(28,29)30)16-26(36)33-11-9-18(10-12-33)25(35)14-23-21-7-2-3-8-22(21)24-15-31-17-34(23)24/h2-8,13,15,17-18,23,25,35H,9-12,14,16H2,1H3. The fourth-order valence-corrected chi connectivity index (χ4v) is 5.44. The number of hydrogen-bond donors (Lipinski definition) is 1. The molecule has 2 aromatic carbocycles. The van der Waals surface area contributed by atoms with Crippen molar-refractivity contribution in [3.05, 3.63) is 72.2 Å². The monoisotopic (exact) mass is 498 g/mol. The van der Waals surface area contributed by atoms with E-state index in [-0.39, 0.29) is 24.4 Å². The molecule has 190 valence electrons. The van der Waals surface area contributed by atoms with E-state index >= 15 is 0 Å². The highest BCUT2D eigenvalue weighted by Gasteiger charge is 2.34. The van der Waals surface area contributed by atoms with Gasteiger partial charge in [0.05, 0.1) is 42.5 Å². The van der Waals surface area contributed by atoms with E-state index in [0.29, 0.717) is 38.0 Å². The van der Waals surface area contributed by atoms with E-state index in [2.05, 4.69) is 21.7 Å². The van der Waals surface area contributed by atoms with Gasteiger partial charge in [0.2, 0.25) is 5.91 Å². The second-order valence-corrected chi connectivity index (χ2v) is 9.71. The Morgan fingerprint density at radius 2 is 1.92 bits per heavy atom. The van der Waals surface area contributed by atoms with Gasteiger partial charge < -0.3 is 19.5 Å². The number of hydrogen-bond acceptors (Lipinski definition) is 4. The molecule has 5 rings (SSSR count). The summed E-state index contributed by atoms with van der Waals surface area (Å²) in [6.07, 6.45) is 0.680. The van der Waals surface area contributed by atoms with Crippen LogP contribution in [0, 0.1) is 5.92 Å². The van der Waals surface area contributed by atoms with Crippen molar-refractivity contribution in [2.45, 2.75) is 37.6 Å². The number of imidazole rings is 1. The Labute approximate surface area is 208 Å². The number of nitrogens with zero attached hydrogens (tertiary/aromatic N) is 4. The normalized spacial score (nSPS) is 18.6. The van der Waals surface area contributed by atoms with Crippen molar-refractivity contribution < 1.29 is 23.1 Å². The largest absolute Gasteiger partial charge is 0.416 e. The lowest BCUT2D eigenvalue weighted by atomic mass is 9.86. The van der Waals surface area contributed by atoms with E-state index < -0.39 is 17.8 Å². The maximum Gasteiger partial charge on any atom is 0.416 e. The molecule has 1 aromatic heterocycles. The minimum atomic E-state index is -4.43. The predicted octanol–water partition coefficient (Wildman–Crippen LogP) is 4.60. The molecule has 0 radical (unpaired) electrons. The summed E-state index contributed by atoms with van der Waals surface area (Å²) >= 11 is 0. The minimum Gasteiger partial charge on any atom is -0.393 e. The van der Waals surface area contributed by atoms with Crippen LogP contribution in [0.2, 0.25) is 0 Å². The number of carbonyl (C=O) groups is 1. The summed E-state index contributed by atoms with van der Waals surface area (Å²) in [5.41, 5.74) is 3.02. The number of carbonyl (C=O) groups excluding carboxylic acids is 1. The number of rotatable bonds is 6. The Morgan fingerprint density at radius 1 is 1.17 bits per heavy atom. The van der Waals surface area contributed by atoms with Crippen LogP contribution in [0.3, 0.4) is 0 Å². The summed E-state index contributed by atoms with van der Waals surface area (Å²) in [6.45, 7) is 1.04. The van der Waals surface area contributed by atoms with Crippen LogP contribution in [0.1, 0.15) is 36.4 Å². The highest BCUT2D eigenvalue weighted by Crippen LogP contribution is 2.42. The Kier molecular flexibility index (Phi) is 6.51. The molecule has 6 nitrogen and oxygen atoms in total. The van der Waals surface area contributed by atoms with E-state index in [9.17, 15) is 23.1 Å². The number of piperidine rings is 1. The molecular weight excluding hydrogens is 469 g/mol. The molecule has 2 atom stereocenters. The number of aliphatic hydroxyl groups excluding tert-OH is 1. The van der Waals surface area contributed by atoms with Crippen LogP contribution < -0.4 is 4.90 Å². The second-order valence-electron chi connectivity index (χ2n) is 9.71. The number of anilines is 1. The van der Waals surface area contributed by atoms with E-state index in [1.165, 1.54) is 11.6 Å². The summed E-state index contributed by atoms with van der Waals surface area (Å²) in [6, 6.07) is 13.2. The van der Waals surface area contributed by atoms with Gasteiger partial charge in [-0.1, -0.05) is 30.3 Å². The van der Waals surface area contributed by atoms with E-state index in [1.54, 1.807) is 22.9 Å². The van der Waals surface area contributed by atoms with E-state index in [1.807, 2.05) is 24.7 Å². The number of alkyl halides is 3. The highest BCUT2D eigenvalue weighted by molar-refractivity contribution is 5.81. The number of likely N-dealkylation sites (tertiary alicyclic amines) is 1.